The number of hydrogen-bond acceptors (Lipinski definition) is 1. The van der Waals surface area contributed by atoms with E-state index in [9.17, 15) is 0 Å². The Labute approximate surface area is 122 Å². The second kappa shape index (κ2) is 7.32. The molecule has 2 rings (SSSR count). The first kappa shape index (κ1) is 15.7. The van der Waals surface area contributed by atoms with E-state index in [1.54, 1.807) is 0 Å². The molecule has 0 unspecified atom stereocenters. The summed E-state index contributed by atoms with van der Waals surface area (Å²) in [6.07, 6.45) is 1.03. The Balaban J connectivity index is 0.00000180. The molecule has 2 aromatic rings. The summed E-state index contributed by atoms with van der Waals surface area (Å²) in [5, 5.41) is 0. The fourth-order valence-corrected chi connectivity index (χ4v) is 2.20. The maximum Gasteiger partial charge on any atom is 0.0297 e. The van der Waals surface area contributed by atoms with Gasteiger partial charge >= 0.3 is 0 Å². The monoisotopic (exact) mass is 275 g/mol. The standard InChI is InChI=1S/C17H21N.ClH/c1-13(2)12-17(18)16-10-8-15(9-11-16)14-6-4-3-5-7-14;/h3-11,13,17H,12,18H2,1-2H3;1H/t17-;/m0./s1. The second-order valence-electron chi connectivity index (χ2n) is 5.22. The van der Waals surface area contributed by atoms with Gasteiger partial charge in [0.05, 0.1) is 0 Å². The van der Waals surface area contributed by atoms with Gasteiger partial charge in [-0.15, -0.1) is 12.4 Å². The van der Waals surface area contributed by atoms with E-state index in [4.69, 9.17) is 5.73 Å². The van der Waals surface area contributed by atoms with E-state index in [1.165, 1.54) is 16.7 Å². The molecule has 0 amide bonds. The summed E-state index contributed by atoms with van der Waals surface area (Å²) in [5.74, 6) is 0.633. The molecule has 0 bridgehead atoms. The van der Waals surface area contributed by atoms with Crippen molar-refractivity contribution in [1.29, 1.82) is 0 Å². The van der Waals surface area contributed by atoms with Gasteiger partial charge in [-0.3, -0.25) is 0 Å². The first-order chi connectivity index (χ1) is 8.66. The quantitative estimate of drug-likeness (QED) is 0.850. The first-order valence-corrected chi connectivity index (χ1v) is 6.58. The van der Waals surface area contributed by atoms with Crippen molar-refractivity contribution in [3.05, 3.63) is 60.2 Å². The van der Waals surface area contributed by atoms with Crippen LogP contribution in [-0.4, -0.2) is 0 Å². The Morgan fingerprint density at radius 2 is 1.37 bits per heavy atom. The lowest BCUT2D eigenvalue weighted by Gasteiger charge is -2.14. The Bertz CT molecular complexity index is 476. The van der Waals surface area contributed by atoms with Crippen LogP contribution in [0.25, 0.3) is 11.1 Å². The van der Waals surface area contributed by atoms with Crippen molar-refractivity contribution in [1.82, 2.24) is 0 Å². The molecule has 0 aliphatic heterocycles. The molecule has 0 radical (unpaired) electrons. The van der Waals surface area contributed by atoms with Crippen molar-refractivity contribution < 1.29 is 0 Å². The van der Waals surface area contributed by atoms with E-state index in [2.05, 4.69) is 62.4 Å². The summed E-state index contributed by atoms with van der Waals surface area (Å²) < 4.78 is 0. The average Bonchev–Trinajstić information content (AvgIpc) is 2.39. The normalized spacial score (nSPS) is 12.0. The Morgan fingerprint density at radius 1 is 0.842 bits per heavy atom. The second-order valence-corrected chi connectivity index (χ2v) is 5.22. The lowest BCUT2D eigenvalue weighted by atomic mass is 9.96. The molecule has 19 heavy (non-hydrogen) atoms. The Hall–Kier alpha value is -1.31. The molecule has 2 N–H and O–H groups in total. The van der Waals surface area contributed by atoms with Crippen LogP contribution in [0.3, 0.4) is 0 Å². The van der Waals surface area contributed by atoms with Crippen molar-refractivity contribution in [3.63, 3.8) is 0 Å². The Morgan fingerprint density at radius 3 is 1.89 bits per heavy atom. The highest BCUT2D eigenvalue weighted by Crippen LogP contribution is 2.23. The highest BCUT2D eigenvalue weighted by atomic mass is 35.5. The van der Waals surface area contributed by atoms with E-state index in [0.717, 1.165) is 6.42 Å². The van der Waals surface area contributed by atoms with Gasteiger partial charge < -0.3 is 5.73 Å². The van der Waals surface area contributed by atoms with Crippen LogP contribution in [-0.2, 0) is 0 Å². The van der Waals surface area contributed by atoms with Crippen LogP contribution in [0.15, 0.2) is 54.6 Å². The number of halogens is 1. The van der Waals surface area contributed by atoms with Crippen LogP contribution in [0.1, 0.15) is 31.9 Å². The predicted molar refractivity (Wildman–Crippen MR) is 85.5 cm³/mol. The molecule has 0 aliphatic rings. The summed E-state index contributed by atoms with van der Waals surface area (Å²) in [6.45, 7) is 4.41. The molecule has 0 spiro atoms. The third-order valence-corrected chi connectivity index (χ3v) is 3.17. The molecule has 102 valence electrons. The highest BCUT2D eigenvalue weighted by molar-refractivity contribution is 5.85. The number of nitrogens with two attached hydrogens (primary N) is 1. The zero-order valence-electron chi connectivity index (χ0n) is 11.5. The van der Waals surface area contributed by atoms with Crippen LogP contribution in [0.2, 0.25) is 0 Å². The minimum absolute atomic E-state index is 0. The van der Waals surface area contributed by atoms with Crippen molar-refractivity contribution in [2.24, 2.45) is 11.7 Å². The number of rotatable bonds is 4. The molecule has 0 fully saturated rings. The molecule has 0 heterocycles. The van der Waals surface area contributed by atoms with Gasteiger partial charge in [-0.2, -0.15) is 0 Å². The van der Waals surface area contributed by atoms with Crippen molar-refractivity contribution in [2.45, 2.75) is 26.3 Å². The molecule has 2 heteroatoms. The van der Waals surface area contributed by atoms with E-state index < -0.39 is 0 Å². The number of hydrogen-bond donors (Lipinski definition) is 1. The summed E-state index contributed by atoms with van der Waals surface area (Å²) in [6, 6.07) is 19.2. The summed E-state index contributed by atoms with van der Waals surface area (Å²) in [4.78, 5) is 0. The molecule has 0 saturated heterocycles. The molecule has 0 aliphatic carbocycles. The van der Waals surface area contributed by atoms with E-state index in [1.807, 2.05) is 6.07 Å². The maximum absolute atomic E-state index is 6.18. The SMILES string of the molecule is CC(C)C[C@H](N)c1ccc(-c2ccccc2)cc1.Cl. The Kier molecular flexibility index (Phi) is 6.07. The smallest absolute Gasteiger partial charge is 0.0297 e. The zero-order valence-corrected chi connectivity index (χ0v) is 12.4. The van der Waals surface area contributed by atoms with Gasteiger partial charge in [0.1, 0.15) is 0 Å². The average molecular weight is 276 g/mol. The predicted octanol–water partition coefficient (Wildman–Crippen LogP) is 4.82. The zero-order chi connectivity index (χ0) is 13.0. The fourth-order valence-electron chi connectivity index (χ4n) is 2.20. The van der Waals surface area contributed by atoms with Crippen molar-refractivity contribution in [3.8, 4) is 11.1 Å². The topological polar surface area (TPSA) is 26.0 Å². The summed E-state index contributed by atoms with van der Waals surface area (Å²) in [5.41, 5.74) is 9.91. The molecule has 0 aromatic heterocycles. The molecule has 1 nitrogen and oxygen atoms in total. The largest absolute Gasteiger partial charge is 0.324 e. The van der Waals surface area contributed by atoms with E-state index >= 15 is 0 Å². The van der Waals surface area contributed by atoms with Gasteiger partial charge in [-0.1, -0.05) is 68.4 Å². The lowest BCUT2D eigenvalue weighted by Crippen LogP contribution is -2.12. The van der Waals surface area contributed by atoms with Gasteiger partial charge in [-0.25, -0.2) is 0 Å². The molecule has 1 atom stereocenters. The molecule has 2 aromatic carbocycles. The minimum atomic E-state index is 0. The molecular weight excluding hydrogens is 254 g/mol. The maximum atomic E-state index is 6.18. The van der Waals surface area contributed by atoms with Crippen LogP contribution in [0, 0.1) is 5.92 Å². The minimum Gasteiger partial charge on any atom is -0.324 e. The van der Waals surface area contributed by atoms with Gasteiger partial charge in [-0.05, 0) is 29.0 Å². The molecular formula is C17H22ClN. The van der Waals surface area contributed by atoms with Gasteiger partial charge in [0.15, 0.2) is 0 Å². The lowest BCUT2D eigenvalue weighted by molar-refractivity contribution is 0.510. The van der Waals surface area contributed by atoms with Crippen LogP contribution >= 0.6 is 12.4 Å². The third-order valence-electron chi connectivity index (χ3n) is 3.17. The van der Waals surface area contributed by atoms with E-state index in [0.29, 0.717) is 5.92 Å². The first-order valence-electron chi connectivity index (χ1n) is 6.58. The summed E-state index contributed by atoms with van der Waals surface area (Å²) >= 11 is 0. The van der Waals surface area contributed by atoms with Crippen molar-refractivity contribution >= 4 is 12.4 Å². The van der Waals surface area contributed by atoms with Crippen molar-refractivity contribution in [2.75, 3.05) is 0 Å². The van der Waals surface area contributed by atoms with Gasteiger partial charge in [0, 0.05) is 6.04 Å². The van der Waals surface area contributed by atoms with Gasteiger partial charge in [0.25, 0.3) is 0 Å². The third kappa shape index (κ3) is 4.38. The van der Waals surface area contributed by atoms with Crippen LogP contribution in [0.5, 0.6) is 0 Å². The number of benzene rings is 2. The summed E-state index contributed by atoms with van der Waals surface area (Å²) in [7, 11) is 0. The van der Waals surface area contributed by atoms with E-state index in [-0.39, 0.29) is 18.4 Å². The fraction of sp³-hybridized carbons (Fsp3) is 0.294. The van der Waals surface area contributed by atoms with Crippen LogP contribution < -0.4 is 5.73 Å². The van der Waals surface area contributed by atoms with Crippen LogP contribution in [0.4, 0.5) is 0 Å². The van der Waals surface area contributed by atoms with Gasteiger partial charge in [0.2, 0.25) is 0 Å². The highest BCUT2D eigenvalue weighted by Gasteiger charge is 2.08. The molecule has 0 saturated carbocycles.